The molecule has 1 fully saturated rings. The fourth-order valence-electron chi connectivity index (χ4n) is 3.79. The highest BCUT2D eigenvalue weighted by Gasteiger charge is 2.19. The van der Waals surface area contributed by atoms with Crippen LogP contribution in [0.5, 0.6) is 0 Å². The van der Waals surface area contributed by atoms with Crippen molar-refractivity contribution in [3.63, 3.8) is 0 Å². The summed E-state index contributed by atoms with van der Waals surface area (Å²) in [7, 11) is 0. The third kappa shape index (κ3) is 5.12. The second-order valence-electron chi connectivity index (χ2n) is 7.74. The Morgan fingerprint density at radius 1 is 1.27 bits per heavy atom. The number of benzene rings is 1. The van der Waals surface area contributed by atoms with E-state index in [2.05, 4.69) is 29.6 Å². The Kier molecular flexibility index (Phi) is 8.65. The van der Waals surface area contributed by atoms with E-state index >= 15 is 0 Å². The number of fused-ring (bicyclic) bond motifs is 1. The maximum absolute atomic E-state index is 13.0. The maximum Gasteiger partial charge on any atom is 0.252 e. The molecule has 2 N–H and O–H groups in total. The highest BCUT2D eigenvalue weighted by Crippen LogP contribution is 2.26. The van der Waals surface area contributed by atoms with Gasteiger partial charge in [-0.2, -0.15) is 5.10 Å². The molecule has 8 heteroatoms. The summed E-state index contributed by atoms with van der Waals surface area (Å²) in [5.74, 6) is 0.597. The molecular formula is C22H29Cl2N5O. The summed E-state index contributed by atoms with van der Waals surface area (Å²) in [6.07, 6.45) is 3.95. The molecule has 1 atom stereocenters. The van der Waals surface area contributed by atoms with Crippen molar-refractivity contribution in [3.05, 3.63) is 48.2 Å². The summed E-state index contributed by atoms with van der Waals surface area (Å²) in [5.41, 5.74) is 3.18. The van der Waals surface area contributed by atoms with Crippen LogP contribution >= 0.6 is 24.8 Å². The van der Waals surface area contributed by atoms with Crippen molar-refractivity contribution in [2.45, 2.75) is 32.7 Å². The molecule has 0 aliphatic carbocycles. The third-order valence-electron chi connectivity index (χ3n) is 5.37. The van der Waals surface area contributed by atoms with Crippen LogP contribution in [0.2, 0.25) is 0 Å². The predicted molar refractivity (Wildman–Crippen MR) is 126 cm³/mol. The van der Waals surface area contributed by atoms with Crippen LogP contribution < -0.4 is 10.6 Å². The molecule has 162 valence electrons. The van der Waals surface area contributed by atoms with Crippen LogP contribution in [0.3, 0.4) is 0 Å². The number of carbonyl (C=O) groups is 1. The number of rotatable bonds is 6. The quantitative estimate of drug-likeness (QED) is 0.589. The van der Waals surface area contributed by atoms with Gasteiger partial charge in [0, 0.05) is 18.2 Å². The van der Waals surface area contributed by atoms with Crippen LogP contribution in [0.1, 0.15) is 43.1 Å². The van der Waals surface area contributed by atoms with E-state index in [1.807, 2.05) is 41.1 Å². The zero-order valence-electron chi connectivity index (χ0n) is 17.3. The zero-order chi connectivity index (χ0) is 19.5. The lowest BCUT2D eigenvalue weighted by atomic mass is 10.0. The second-order valence-corrected chi connectivity index (χ2v) is 7.74. The minimum atomic E-state index is -0.0566. The number of hydrogen-bond donors (Lipinski definition) is 2. The Morgan fingerprint density at radius 2 is 2.03 bits per heavy atom. The van der Waals surface area contributed by atoms with Gasteiger partial charge in [0.05, 0.1) is 22.8 Å². The van der Waals surface area contributed by atoms with E-state index in [9.17, 15) is 4.79 Å². The molecule has 1 unspecified atom stereocenters. The van der Waals surface area contributed by atoms with Gasteiger partial charge in [0.25, 0.3) is 5.91 Å². The molecule has 1 aromatic carbocycles. The number of halogens is 2. The van der Waals surface area contributed by atoms with Gasteiger partial charge in [-0.15, -0.1) is 24.8 Å². The summed E-state index contributed by atoms with van der Waals surface area (Å²) in [5, 5.41) is 11.8. The van der Waals surface area contributed by atoms with Gasteiger partial charge in [-0.3, -0.25) is 4.79 Å². The average Bonchev–Trinajstić information content (AvgIpc) is 3.37. The summed E-state index contributed by atoms with van der Waals surface area (Å²) in [6, 6.07) is 12.0. The van der Waals surface area contributed by atoms with Crippen molar-refractivity contribution in [2.24, 2.45) is 5.92 Å². The number of amides is 1. The largest absolute Gasteiger partial charge is 0.352 e. The summed E-state index contributed by atoms with van der Waals surface area (Å²) in [6.45, 7) is 6.96. The second kappa shape index (κ2) is 10.8. The van der Waals surface area contributed by atoms with Crippen LogP contribution in [0.4, 0.5) is 0 Å². The van der Waals surface area contributed by atoms with Gasteiger partial charge in [-0.1, -0.05) is 30.3 Å². The monoisotopic (exact) mass is 449 g/mol. The van der Waals surface area contributed by atoms with Gasteiger partial charge >= 0.3 is 0 Å². The zero-order valence-corrected chi connectivity index (χ0v) is 18.9. The molecule has 1 saturated heterocycles. The molecule has 3 aromatic rings. The molecule has 2 aromatic heterocycles. The predicted octanol–water partition coefficient (Wildman–Crippen LogP) is 4.25. The molecule has 3 heterocycles. The number of nitrogens with one attached hydrogen (secondary N) is 2. The summed E-state index contributed by atoms with van der Waals surface area (Å²) in [4.78, 5) is 17.8. The molecule has 0 radical (unpaired) electrons. The Hall–Kier alpha value is -2.15. The Morgan fingerprint density at radius 3 is 2.70 bits per heavy atom. The summed E-state index contributed by atoms with van der Waals surface area (Å²) < 4.78 is 1.88. The maximum atomic E-state index is 13.0. The minimum absolute atomic E-state index is 0. The lowest BCUT2D eigenvalue weighted by Crippen LogP contribution is -2.26. The van der Waals surface area contributed by atoms with Crippen molar-refractivity contribution in [1.82, 2.24) is 25.4 Å². The van der Waals surface area contributed by atoms with Crippen LogP contribution in [0.25, 0.3) is 22.3 Å². The minimum Gasteiger partial charge on any atom is -0.352 e. The molecule has 4 rings (SSSR count). The molecule has 0 bridgehead atoms. The van der Waals surface area contributed by atoms with Crippen molar-refractivity contribution >= 4 is 41.8 Å². The van der Waals surface area contributed by atoms with Crippen molar-refractivity contribution in [2.75, 3.05) is 19.6 Å². The Labute approximate surface area is 189 Å². The number of pyridine rings is 1. The Bertz CT molecular complexity index is 968. The highest BCUT2D eigenvalue weighted by atomic mass is 35.5. The molecule has 1 aliphatic rings. The van der Waals surface area contributed by atoms with E-state index in [1.165, 1.54) is 6.42 Å². The topological polar surface area (TPSA) is 71.8 Å². The first-order valence-corrected chi connectivity index (χ1v) is 10.1. The van der Waals surface area contributed by atoms with Gasteiger partial charge in [-0.05, 0) is 51.8 Å². The fourth-order valence-corrected chi connectivity index (χ4v) is 3.79. The molecule has 30 heavy (non-hydrogen) atoms. The molecule has 0 spiro atoms. The number of nitrogens with zero attached hydrogens (tertiary/aromatic N) is 3. The average molecular weight is 450 g/mol. The lowest BCUT2D eigenvalue weighted by molar-refractivity contribution is 0.0953. The lowest BCUT2D eigenvalue weighted by Gasteiger charge is -2.12. The van der Waals surface area contributed by atoms with Crippen molar-refractivity contribution in [1.29, 1.82) is 0 Å². The number of aromatic nitrogens is 3. The first-order valence-electron chi connectivity index (χ1n) is 10.1. The van der Waals surface area contributed by atoms with Crippen LogP contribution in [0.15, 0.2) is 42.6 Å². The normalized spacial score (nSPS) is 15.6. The van der Waals surface area contributed by atoms with E-state index in [-0.39, 0.29) is 36.8 Å². The molecular weight excluding hydrogens is 421 g/mol. The number of hydrogen-bond acceptors (Lipinski definition) is 4. The van der Waals surface area contributed by atoms with E-state index in [0.29, 0.717) is 18.0 Å². The van der Waals surface area contributed by atoms with Crippen LogP contribution in [-0.2, 0) is 0 Å². The standard InChI is InChI=1S/C22H27N5O.2ClH/c1-15(2)27-21-19(14-25-27)18(12-20(26-21)17-6-4-3-5-7-17)22(28)24-11-9-16-8-10-23-13-16;;/h3-7,12,14-16,23H,8-11,13H2,1-2H3,(H,24,28);2*1H. The van der Waals surface area contributed by atoms with Gasteiger partial charge in [0.2, 0.25) is 0 Å². The first-order chi connectivity index (χ1) is 13.6. The van der Waals surface area contributed by atoms with Gasteiger partial charge in [-0.25, -0.2) is 9.67 Å². The van der Waals surface area contributed by atoms with Gasteiger partial charge in [0.15, 0.2) is 5.65 Å². The summed E-state index contributed by atoms with van der Waals surface area (Å²) >= 11 is 0. The van der Waals surface area contributed by atoms with E-state index in [0.717, 1.165) is 41.8 Å². The Balaban J connectivity index is 0.00000160. The highest BCUT2D eigenvalue weighted by molar-refractivity contribution is 6.06. The number of carbonyl (C=O) groups excluding carboxylic acids is 1. The van der Waals surface area contributed by atoms with Crippen LogP contribution in [0, 0.1) is 5.92 Å². The van der Waals surface area contributed by atoms with Crippen LogP contribution in [-0.4, -0.2) is 40.3 Å². The molecule has 0 saturated carbocycles. The van der Waals surface area contributed by atoms with Gasteiger partial charge in [0.1, 0.15) is 0 Å². The smallest absolute Gasteiger partial charge is 0.252 e. The van der Waals surface area contributed by atoms with E-state index in [1.54, 1.807) is 6.20 Å². The SMILES string of the molecule is CC(C)n1ncc2c(C(=O)NCCC3CCNC3)cc(-c3ccccc3)nc21.Cl.Cl. The van der Waals surface area contributed by atoms with Crippen molar-refractivity contribution in [3.8, 4) is 11.3 Å². The first kappa shape index (κ1) is 24.1. The molecule has 1 amide bonds. The van der Waals surface area contributed by atoms with E-state index < -0.39 is 0 Å². The third-order valence-corrected chi connectivity index (χ3v) is 5.37. The van der Waals surface area contributed by atoms with Gasteiger partial charge < -0.3 is 10.6 Å². The molecule has 6 nitrogen and oxygen atoms in total. The fraction of sp³-hybridized carbons (Fsp3) is 0.409. The molecule has 1 aliphatic heterocycles. The van der Waals surface area contributed by atoms with Crippen molar-refractivity contribution < 1.29 is 4.79 Å². The van der Waals surface area contributed by atoms with E-state index in [4.69, 9.17) is 4.98 Å².